The molecule has 0 amide bonds. The van der Waals surface area contributed by atoms with Crippen LogP contribution >= 0.6 is 0 Å². The number of hydrogen-bond donors (Lipinski definition) is 0. The quantitative estimate of drug-likeness (QED) is 0.156. The molecule has 3 heteroatoms. The number of rotatable bonds is 20. The smallest absolute Gasteiger partial charge is 0.114 e. The summed E-state index contributed by atoms with van der Waals surface area (Å²) in [7, 11) is 4.46. The summed E-state index contributed by atoms with van der Waals surface area (Å²) < 4.78 is 0.730. The van der Waals surface area contributed by atoms with Gasteiger partial charge in [0, 0.05) is 0 Å². The number of hydroxylamine groups is 3. The lowest BCUT2D eigenvalue weighted by Gasteiger charge is -2.30. The topological polar surface area (TPSA) is 9.23 Å². The van der Waals surface area contributed by atoms with E-state index in [-0.39, 0.29) is 12.4 Å². The van der Waals surface area contributed by atoms with Crippen LogP contribution < -0.4 is 12.4 Å². The molecule has 1 atom stereocenters. The lowest BCUT2D eigenvalue weighted by atomic mass is 10.1. The van der Waals surface area contributed by atoms with Crippen LogP contribution in [0.2, 0.25) is 0 Å². The average molecular weight is 406 g/mol. The van der Waals surface area contributed by atoms with Gasteiger partial charge in [0.1, 0.15) is 12.6 Å². The standard InChI is InChI=1S/C24H52NO.ClH/c1-6-8-10-12-14-16-18-20-22-24(3)26-25(4,5)23-21-19-17-15-13-11-9-7-2;/h24H,6-23H2,1-5H3;1H/q+1;/p-1. The summed E-state index contributed by atoms with van der Waals surface area (Å²) in [6.07, 6.45) is 23.9. The summed E-state index contributed by atoms with van der Waals surface area (Å²) in [5.74, 6) is 0. The molecule has 2 nitrogen and oxygen atoms in total. The van der Waals surface area contributed by atoms with Gasteiger partial charge in [0.25, 0.3) is 0 Å². The summed E-state index contributed by atoms with van der Waals surface area (Å²) in [6, 6.07) is 0. The lowest BCUT2D eigenvalue weighted by molar-refractivity contribution is -1.08. The molecule has 1 unspecified atom stereocenters. The summed E-state index contributed by atoms with van der Waals surface area (Å²) in [5.41, 5.74) is 0. The van der Waals surface area contributed by atoms with Crippen LogP contribution in [0.5, 0.6) is 0 Å². The second-order valence-electron chi connectivity index (χ2n) is 8.95. The molecule has 0 radical (unpaired) electrons. The summed E-state index contributed by atoms with van der Waals surface area (Å²) in [5, 5.41) is 0. The first-order chi connectivity index (χ1) is 12.5. The van der Waals surface area contributed by atoms with Gasteiger partial charge in [-0.25, -0.2) is 4.84 Å². The minimum Gasteiger partial charge on any atom is -1.00 e. The SMILES string of the molecule is CCCCCCCCCCC(C)O[N+](C)(C)CCCCCCCCCC.[Cl-]. The Morgan fingerprint density at radius 2 is 0.963 bits per heavy atom. The minimum atomic E-state index is 0. The van der Waals surface area contributed by atoms with Crippen molar-refractivity contribution in [2.45, 2.75) is 136 Å². The van der Waals surface area contributed by atoms with Crippen molar-refractivity contribution < 1.29 is 21.9 Å². The largest absolute Gasteiger partial charge is 1.00 e. The Morgan fingerprint density at radius 1 is 0.593 bits per heavy atom. The van der Waals surface area contributed by atoms with Crippen LogP contribution in [-0.2, 0) is 4.84 Å². The molecule has 0 saturated heterocycles. The molecule has 0 rings (SSSR count). The first-order valence-electron chi connectivity index (χ1n) is 12.0. The van der Waals surface area contributed by atoms with Crippen molar-refractivity contribution >= 4 is 0 Å². The zero-order chi connectivity index (χ0) is 19.5. The predicted molar refractivity (Wildman–Crippen MR) is 117 cm³/mol. The Morgan fingerprint density at radius 3 is 1.41 bits per heavy atom. The molecule has 0 saturated carbocycles. The Balaban J connectivity index is 0. The normalized spacial score (nSPS) is 12.8. The molecule has 0 aromatic carbocycles. The molecule has 0 bridgehead atoms. The molecule has 27 heavy (non-hydrogen) atoms. The van der Waals surface area contributed by atoms with E-state index in [1.165, 1.54) is 109 Å². The number of nitrogens with zero attached hydrogens (tertiary/aromatic N) is 1. The fraction of sp³-hybridized carbons (Fsp3) is 1.00. The summed E-state index contributed by atoms with van der Waals surface area (Å²) >= 11 is 0. The molecule has 0 aromatic rings. The van der Waals surface area contributed by atoms with Gasteiger partial charge in [-0.05, 0) is 26.2 Å². The van der Waals surface area contributed by atoms with Crippen molar-refractivity contribution in [2.75, 3.05) is 20.6 Å². The van der Waals surface area contributed by atoms with Crippen LogP contribution in [0.4, 0.5) is 0 Å². The van der Waals surface area contributed by atoms with Crippen molar-refractivity contribution in [1.82, 2.24) is 0 Å². The van der Waals surface area contributed by atoms with Gasteiger partial charge < -0.3 is 12.4 Å². The van der Waals surface area contributed by atoms with E-state index in [2.05, 4.69) is 34.9 Å². The number of unbranched alkanes of at least 4 members (excludes halogenated alkanes) is 14. The van der Waals surface area contributed by atoms with Crippen molar-refractivity contribution in [3.63, 3.8) is 0 Å². The highest BCUT2D eigenvalue weighted by atomic mass is 35.5. The maximum Gasteiger partial charge on any atom is 0.114 e. The fourth-order valence-corrected chi connectivity index (χ4v) is 3.78. The van der Waals surface area contributed by atoms with Crippen LogP contribution in [-0.4, -0.2) is 31.4 Å². The van der Waals surface area contributed by atoms with E-state index in [9.17, 15) is 0 Å². The molecule has 0 aliphatic rings. The molecular formula is C24H52ClNO. The van der Waals surface area contributed by atoms with E-state index in [0.717, 1.165) is 11.2 Å². The molecule has 0 aliphatic carbocycles. The predicted octanol–water partition coefficient (Wildman–Crippen LogP) is 5.06. The third-order valence-corrected chi connectivity index (χ3v) is 5.48. The Labute approximate surface area is 178 Å². The molecule has 0 aliphatic heterocycles. The van der Waals surface area contributed by atoms with Crippen LogP contribution in [0, 0.1) is 0 Å². The van der Waals surface area contributed by atoms with Crippen molar-refractivity contribution in [1.29, 1.82) is 0 Å². The third kappa shape index (κ3) is 22.4. The second-order valence-corrected chi connectivity index (χ2v) is 8.95. The lowest BCUT2D eigenvalue weighted by Crippen LogP contribution is -3.00. The van der Waals surface area contributed by atoms with E-state index in [0.29, 0.717) is 6.10 Å². The van der Waals surface area contributed by atoms with Gasteiger partial charge >= 0.3 is 0 Å². The third-order valence-electron chi connectivity index (χ3n) is 5.48. The number of halogens is 1. The first kappa shape index (κ1) is 29.4. The van der Waals surface area contributed by atoms with Gasteiger partial charge in [0.15, 0.2) is 0 Å². The molecule has 0 spiro atoms. The van der Waals surface area contributed by atoms with Crippen LogP contribution in [0.25, 0.3) is 0 Å². The highest BCUT2D eigenvalue weighted by molar-refractivity contribution is 4.51. The molecule has 0 heterocycles. The van der Waals surface area contributed by atoms with Gasteiger partial charge in [-0.2, -0.15) is 4.65 Å². The van der Waals surface area contributed by atoms with Gasteiger partial charge in [-0.15, -0.1) is 0 Å². The maximum absolute atomic E-state index is 6.29. The van der Waals surface area contributed by atoms with E-state index in [1.54, 1.807) is 0 Å². The van der Waals surface area contributed by atoms with Gasteiger partial charge in [0.2, 0.25) is 0 Å². The van der Waals surface area contributed by atoms with Crippen LogP contribution in [0.15, 0.2) is 0 Å². The van der Waals surface area contributed by atoms with Gasteiger partial charge in [-0.1, -0.05) is 104 Å². The van der Waals surface area contributed by atoms with E-state index < -0.39 is 0 Å². The minimum absolute atomic E-state index is 0. The molecule has 0 fully saturated rings. The first-order valence-corrected chi connectivity index (χ1v) is 12.0. The Bertz CT molecular complexity index is 284. The van der Waals surface area contributed by atoms with Crippen molar-refractivity contribution in [3.05, 3.63) is 0 Å². The molecular weight excluding hydrogens is 354 g/mol. The van der Waals surface area contributed by atoms with E-state index in [1.807, 2.05) is 0 Å². The zero-order valence-electron chi connectivity index (χ0n) is 19.5. The molecule has 0 aromatic heterocycles. The fourth-order valence-electron chi connectivity index (χ4n) is 3.78. The van der Waals surface area contributed by atoms with Crippen LogP contribution in [0.1, 0.15) is 130 Å². The van der Waals surface area contributed by atoms with Crippen LogP contribution in [0.3, 0.4) is 0 Å². The van der Waals surface area contributed by atoms with Crippen molar-refractivity contribution in [3.8, 4) is 0 Å². The second kappa shape index (κ2) is 20.9. The Kier molecular flexibility index (Phi) is 22.8. The Hall–Kier alpha value is 0.210. The highest BCUT2D eigenvalue weighted by Crippen LogP contribution is 2.15. The maximum atomic E-state index is 6.29. The average Bonchev–Trinajstić information content (AvgIpc) is 2.59. The molecule has 166 valence electrons. The van der Waals surface area contributed by atoms with Crippen molar-refractivity contribution in [2.24, 2.45) is 0 Å². The van der Waals surface area contributed by atoms with E-state index >= 15 is 0 Å². The summed E-state index contributed by atoms with van der Waals surface area (Å²) in [4.78, 5) is 6.29. The highest BCUT2D eigenvalue weighted by Gasteiger charge is 2.20. The molecule has 0 N–H and O–H groups in total. The van der Waals surface area contributed by atoms with Gasteiger partial charge in [-0.3, -0.25) is 0 Å². The summed E-state index contributed by atoms with van der Waals surface area (Å²) in [6.45, 7) is 7.98. The van der Waals surface area contributed by atoms with Gasteiger partial charge in [0.05, 0.1) is 14.1 Å². The monoisotopic (exact) mass is 405 g/mol. The number of quaternary nitrogens is 1. The zero-order valence-corrected chi connectivity index (χ0v) is 20.3. The number of hydrogen-bond acceptors (Lipinski definition) is 1. The van der Waals surface area contributed by atoms with E-state index in [4.69, 9.17) is 4.84 Å².